The molecule has 0 aliphatic rings. The lowest BCUT2D eigenvalue weighted by atomic mass is 10.1. The van der Waals surface area contributed by atoms with Crippen LogP contribution in [0.1, 0.15) is 15.9 Å². The number of pyridine rings is 1. The number of benzene rings is 3. The summed E-state index contributed by atoms with van der Waals surface area (Å²) in [4.78, 5) is 29.7. The van der Waals surface area contributed by atoms with Crippen LogP contribution in [0.5, 0.6) is 0 Å². The van der Waals surface area contributed by atoms with E-state index in [-0.39, 0.29) is 17.9 Å². The second kappa shape index (κ2) is 8.76. The van der Waals surface area contributed by atoms with Gasteiger partial charge in [0.25, 0.3) is 5.91 Å². The molecule has 0 aliphatic carbocycles. The first-order chi connectivity index (χ1) is 16.1. The fourth-order valence-corrected chi connectivity index (χ4v) is 3.87. The molecular formula is C26H18ClN3O3. The van der Waals surface area contributed by atoms with Gasteiger partial charge >= 0.3 is 0 Å². The molecule has 0 radical (unpaired) electrons. The molecule has 0 saturated carbocycles. The number of carbonyl (C=O) groups excluding carboxylic acids is 1. The number of nitrogens with zero attached hydrogens (tertiary/aromatic N) is 2. The molecular weight excluding hydrogens is 438 g/mol. The van der Waals surface area contributed by atoms with Crippen LogP contribution in [-0.4, -0.2) is 15.5 Å². The van der Waals surface area contributed by atoms with Crippen molar-refractivity contribution in [3.05, 3.63) is 118 Å². The third kappa shape index (κ3) is 4.16. The van der Waals surface area contributed by atoms with Crippen LogP contribution in [-0.2, 0) is 6.54 Å². The van der Waals surface area contributed by atoms with Gasteiger partial charge in [-0.05, 0) is 42.5 Å². The average molecular weight is 456 g/mol. The van der Waals surface area contributed by atoms with Crippen LogP contribution in [0.25, 0.3) is 27.9 Å². The number of hydrogen-bond acceptors (Lipinski definition) is 4. The monoisotopic (exact) mass is 455 g/mol. The highest BCUT2D eigenvalue weighted by atomic mass is 35.5. The van der Waals surface area contributed by atoms with Crippen molar-refractivity contribution >= 4 is 28.4 Å². The van der Waals surface area contributed by atoms with Crippen LogP contribution in [0.3, 0.4) is 0 Å². The predicted molar refractivity (Wildman–Crippen MR) is 128 cm³/mol. The summed E-state index contributed by atoms with van der Waals surface area (Å²) >= 11 is 6.20. The SMILES string of the molecule is O=C(NCc1cn(-c2ccccc2)c2cc(Cl)ccc2c1=O)c1ccc(-c2cnco2)cc1. The number of carbonyl (C=O) groups is 1. The van der Waals surface area contributed by atoms with Gasteiger partial charge in [-0.3, -0.25) is 9.59 Å². The third-order valence-electron chi connectivity index (χ3n) is 5.38. The summed E-state index contributed by atoms with van der Waals surface area (Å²) in [5, 5.41) is 3.93. The minimum Gasteiger partial charge on any atom is -0.444 e. The number of nitrogens with one attached hydrogen (secondary N) is 1. The van der Waals surface area contributed by atoms with Gasteiger partial charge in [0, 0.05) is 45.5 Å². The van der Waals surface area contributed by atoms with Crippen molar-refractivity contribution in [3.63, 3.8) is 0 Å². The van der Waals surface area contributed by atoms with E-state index >= 15 is 0 Å². The highest BCUT2D eigenvalue weighted by Crippen LogP contribution is 2.22. The lowest BCUT2D eigenvalue weighted by molar-refractivity contribution is 0.0951. The number of oxazole rings is 1. The standard InChI is InChI=1S/C26H18ClN3O3/c27-20-10-11-22-23(12-20)30(21-4-2-1-3-5-21)15-19(25(22)31)13-29-26(32)18-8-6-17(7-9-18)24-14-28-16-33-24/h1-12,14-16H,13H2,(H,29,32). The molecule has 0 fully saturated rings. The Balaban J connectivity index is 1.44. The van der Waals surface area contributed by atoms with Gasteiger partial charge in [0.05, 0.1) is 11.7 Å². The van der Waals surface area contributed by atoms with Gasteiger partial charge in [0.15, 0.2) is 17.6 Å². The topological polar surface area (TPSA) is 77.1 Å². The molecule has 0 atom stereocenters. The number of rotatable bonds is 5. The Bertz CT molecular complexity index is 1490. The quantitative estimate of drug-likeness (QED) is 0.393. The molecule has 0 spiro atoms. The van der Waals surface area contributed by atoms with Crippen molar-refractivity contribution in [2.24, 2.45) is 0 Å². The van der Waals surface area contributed by atoms with Crippen LogP contribution >= 0.6 is 11.6 Å². The fraction of sp³-hybridized carbons (Fsp3) is 0.0385. The van der Waals surface area contributed by atoms with Crippen molar-refractivity contribution in [1.29, 1.82) is 0 Å². The van der Waals surface area contributed by atoms with Gasteiger partial charge < -0.3 is 14.3 Å². The lowest BCUT2D eigenvalue weighted by Gasteiger charge is -2.14. The average Bonchev–Trinajstić information content (AvgIpc) is 3.39. The third-order valence-corrected chi connectivity index (χ3v) is 5.61. The highest BCUT2D eigenvalue weighted by Gasteiger charge is 2.13. The van der Waals surface area contributed by atoms with Gasteiger partial charge in [-0.15, -0.1) is 0 Å². The molecule has 3 aromatic carbocycles. The fourth-order valence-electron chi connectivity index (χ4n) is 3.70. The molecule has 5 aromatic rings. The maximum Gasteiger partial charge on any atom is 0.251 e. The van der Waals surface area contributed by atoms with Crippen LogP contribution in [0.15, 0.2) is 101 Å². The lowest BCUT2D eigenvalue weighted by Crippen LogP contribution is -2.27. The molecule has 0 saturated heterocycles. The van der Waals surface area contributed by atoms with Crippen LogP contribution in [0.2, 0.25) is 5.02 Å². The molecule has 162 valence electrons. The summed E-state index contributed by atoms with van der Waals surface area (Å²) in [5.74, 6) is 0.348. The molecule has 2 aromatic heterocycles. The zero-order valence-corrected chi connectivity index (χ0v) is 18.1. The van der Waals surface area contributed by atoms with E-state index in [1.807, 2.05) is 34.9 Å². The van der Waals surface area contributed by atoms with Gasteiger partial charge in [-0.2, -0.15) is 0 Å². The molecule has 5 rings (SSSR count). The summed E-state index contributed by atoms with van der Waals surface area (Å²) < 4.78 is 7.18. The number of amides is 1. The van der Waals surface area contributed by atoms with E-state index in [1.165, 1.54) is 6.39 Å². The molecule has 0 bridgehead atoms. The van der Waals surface area contributed by atoms with Gasteiger partial charge in [-0.1, -0.05) is 41.9 Å². The number of aromatic nitrogens is 2. The zero-order valence-electron chi connectivity index (χ0n) is 17.4. The summed E-state index contributed by atoms with van der Waals surface area (Å²) in [5.41, 5.74) is 3.23. The Morgan fingerprint density at radius 2 is 1.82 bits per heavy atom. The summed E-state index contributed by atoms with van der Waals surface area (Å²) in [6, 6.07) is 21.8. The Kier molecular flexibility index (Phi) is 5.50. The predicted octanol–water partition coefficient (Wildman–Crippen LogP) is 5.23. The molecule has 6 nitrogen and oxygen atoms in total. The molecule has 7 heteroatoms. The highest BCUT2D eigenvalue weighted by molar-refractivity contribution is 6.31. The van der Waals surface area contributed by atoms with E-state index in [9.17, 15) is 9.59 Å². The van der Waals surface area contributed by atoms with E-state index in [0.29, 0.717) is 32.8 Å². The van der Waals surface area contributed by atoms with Crippen LogP contribution in [0.4, 0.5) is 0 Å². The normalized spacial score (nSPS) is 10.9. The van der Waals surface area contributed by atoms with E-state index in [4.69, 9.17) is 16.0 Å². The maximum absolute atomic E-state index is 13.1. The minimum absolute atomic E-state index is 0.0902. The Hall–Kier alpha value is -4.16. The summed E-state index contributed by atoms with van der Waals surface area (Å²) in [7, 11) is 0. The van der Waals surface area contributed by atoms with Gasteiger partial charge in [0.1, 0.15) is 0 Å². The van der Waals surface area contributed by atoms with E-state index in [2.05, 4.69) is 10.3 Å². The Labute approximate surface area is 194 Å². The van der Waals surface area contributed by atoms with Crippen molar-refractivity contribution in [2.45, 2.75) is 6.54 Å². The molecule has 0 unspecified atom stereocenters. The van der Waals surface area contributed by atoms with Gasteiger partial charge in [-0.25, -0.2) is 4.98 Å². The second-order valence-corrected chi connectivity index (χ2v) is 7.91. The first-order valence-corrected chi connectivity index (χ1v) is 10.6. The first-order valence-electron chi connectivity index (χ1n) is 10.3. The molecule has 1 N–H and O–H groups in total. The molecule has 33 heavy (non-hydrogen) atoms. The zero-order chi connectivity index (χ0) is 22.8. The smallest absolute Gasteiger partial charge is 0.251 e. The Morgan fingerprint density at radius 3 is 2.55 bits per heavy atom. The maximum atomic E-state index is 13.1. The number of hydrogen-bond donors (Lipinski definition) is 1. The second-order valence-electron chi connectivity index (χ2n) is 7.48. The van der Waals surface area contributed by atoms with Crippen molar-refractivity contribution < 1.29 is 9.21 Å². The molecule has 1 amide bonds. The number of fused-ring (bicyclic) bond motifs is 1. The van der Waals surface area contributed by atoms with Crippen LogP contribution < -0.4 is 10.7 Å². The summed E-state index contributed by atoms with van der Waals surface area (Å²) in [6.07, 6.45) is 4.72. The van der Waals surface area contributed by atoms with Crippen molar-refractivity contribution in [2.75, 3.05) is 0 Å². The molecule has 2 heterocycles. The van der Waals surface area contributed by atoms with Gasteiger partial charge in [0.2, 0.25) is 0 Å². The van der Waals surface area contributed by atoms with Crippen molar-refractivity contribution in [3.8, 4) is 17.0 Å². The Morgan fingerprint density at radius 1 is 1.03 bits per heavy atom. The van der Waals surface area contributed by atoms with Crippen LogP contribution in [0, 0.1) is 0 Å². The van der Waals surface area contributed by atoms with E-state index in [1.54, 1.807) is 54.9 Å². The summed E-state index contributed by atoms with van der Waals surface area (Å²) in [6.45, 7) is 0.0902. The van der Waals surface area contributed by atoms with E-state index in [0.717, 1.165) is 11.3 Å². The van der Waals surface area contributed by atoms with E-state index < -0.39 is 0 Å². The minimum atomic E-state index is -0.277. The number of para-hydroxylation sites is 1. The van der Waals surface area contributed by atoms with Crippen molar-refractivity contribution in [1.82, 2.24) is 14.9 Å². The first kappa shape index (κ1) is 20.7. The largest absolute Gasteiger partial charge is 0.444 e. The molecule has 0 aliphatic heterocycles. The number of halogens is 1.